The molecule has 1 aliphatic heterocycles. The average Bonchev–Trinajstić information content (AvgIpc) is 3.10. The van der Waals surface area contributed by atoms with Crippen LogP contribution in [0.2, 0.25) is 0 Å². The number of hydrogen-bond acceptors (Lipinski definition) is 4. The Hall–Kier alpha value is -1.67. The number of nitrogens with zero attached hydrogens (tertiary/aromatic N) is 1. The molecule has 2 N–H and O–H groups in total. The molecule has 1 saturated heterocycles. The van der Waals surface area contributed by atoms with E-state index in [2.05, 4.69) is 15.6 Å². The molecule has 0 radical (unpaired) electrons. The first-order chi connectivity index (χ1) is 10.4. The molecule has 0 aromatic carbocycles. The molecule has 1 amide bonds. The van der Waals surface area contributed by atoms with Crippen LogP contribution in [0.25, 0.3) is 0 Å². The van der Waals surface area contributed by atoms with E-state index in [0.717, 1.165) is 19.0 Å². The van der Waals surface area contributed by atoms with Crippen molar-refractivity contribution in [2.24, 2.45) is 11.8 Å². The van der Waals surface area contributed by atoms with Gasteiger partial charge < -0.3 is 15.4 Å². The highest BCUT2D eigenvalue weighted by Crippen LogP contribution is 2.45. The number of amides is 1. The first kappa shape index (κ1) is 15.2. The van der Waals surface area contributed by atoms with Gasteiger partial charge in [-0.15, -0.1) is 0 Å². The standard InChI is InChI=1S/C14H16F3N3O2/c1-22-6-7-2-3-10(14(15,16)17)19-12(7)20-13(21)11-9-4-8(9)5-18-11/h2-3,8-9,11,18H,4-6H2,1H3,(H,19,20,21). The summed E-state index contributed by atoms with van der Waals surface area (Å²) in [5.74, 6) is 0.377. The maximum Gasteiger partial charge on any atom is 0.433 e. The Morgan fingerprint density at radius 3 is 2.82 bits per heavy atom. The summed E-state index contributed by atoms with van der Waals surface area (Å²) in [5.41, 5.74) is -0.625. The molecule has 2 aliphatic rings. The highest BCUT2D eigenvalue weighted by atomic mass is 19.4. The highest BCUT2D eigenvalue weighted by Gasteiger charge is 2.51. The van der Waals surface area contributed by atoms with Gasteiger partial charge in [-0.2, -0.15) is 13.2 Å². The van der Waals surface area contributed by atoms with Crippen LogP contribution < -0.4 is 10.6 Å². The molecule has 3 rings (SSSR count). The van der Waals surface area contributed by atoms with Crippen LogP contribution in [0.1, 0.15) is 17.7 Å². The van der Waals surface area contributed by atoms with E-state index in [1.54, 1.807) is 0 Å². The number of anilines is 1. The molecule has 3 atom stereocenters. The van der Waals surface area contributed by atoms with Crippen molar-refractivity contribution in [3.05, 3.63) is 23.4 Å². The third-order valence-corrected chi connectivity index (χ3v) is 4.10. The molecule has 3 unspecified atom stereocenters. The molecule has 22 heavy (non-hydrogen) atoms. The Morgan fingerprint density at radius 2 is 2.27 bits per heavy atom. The lowest BCUT2D eigenvalue weighted by Crippen LogP contribution is -2.39. The van der Waals surface area contributed by atoms with Crippen LogP contribution in [0.15, 0.2) is 12.1 Å². The fraction of sp³-hybridized carbons (Fsp3) is 0.571. The monoisotopic (exact) mass is 315 g/mol. The third kappa shape index (κ3) is 2.93. The number of carbonyl (C=O) groups excluding carboxylic acids is 1. The zero-order valence-electron chi connectivity index (χ0n) is 11.9. The number of halogens is 3. The normalized spacial score (nSPS) is 26.6. The maximum atomic E-state index is 12.8. The van der Waals surface area contributed by atoms with Crippen LogP contribution in [-0.2, 0) is 22.3 Å². The molecule has 1 aromatic rings. The van der Waals surface area contributed by atoms with E-state index < -0.39 is 11.9 Å². The largest absolute Gasteiger partial charge is 0.433 e. The second-order valence-corrected chi connectivity index (χ2v) is 5.67. The fourth-order valence-corrected chi connectivity index (χ4v) is 2.85. The van der Waals surface area contributed by atoms with Crippen molar-refractivity contribution < 1.29 is 22.7 Å². The summed E-state index contributed by atoms with van der Waals surface area (Å²) in [6.45, 7) is 0.856. The number of alkyl halides is 3. The number of rotatable bonds is 4. The number of carbonyl (C=O) groups is 1. The summed E-state index contributed by atoms with van der Waals surface area (Å²) in [5, 5.41) is 5.59. The zero-order valence-corrected chi connectivity index (χ0v) is 11.9. The molecule has 120 valence electrons. The molecule has 1 saturated carbocycles. The lowest BCUT2D eigenvalue weighted by Gasteiger charge is -2.16. The van der Waals surface area contributed by atoms with Gasteiger partial charge in [-0.1, -0.05) is 6.07 Å². The minimum atomic E-state index is -4.56. The van der Waals surface area contributed by atoms with E-state index in [0.29, 0.717) is 11.5 Å². The van der Waals surface area contributed by atoms with Crippen LogP contribution in [-0.4, -0.2) is 30.6 Å². The van der Waals surface area contributed by atoms with E-state index >= 15 is 0 Å². The van der Waals surface area contributed by atoms with Crippen molar-refractivity contribution >= 4 is 11.7 Å². The molecular formula is C14H16F3N3O2. The van der Waals surface area contributed by atoms with Crippen LogP contribution in [0.5, 0.6) is 0 Å². The van der Waals surface area contributed by atoms with Gasteiger partial charge in [-0.25, -0.2) is 4.98 Å². The summed E-state index contributed by atoms with van der Waals surface area (Å²) < 4.78 is 43.3. The van der Waals surface area contributed by atoms with E-state index in [1.165, 1.54) is 13.2 Å². The minimum absolute atomic E-state index is 0.0743. The second kappa shape index (κ2) is 5.51. The molecule has 0 bridgehead atoms. The zero-order chi connectivity index (χ0) is 15.9. The number of aromatic nitrogens is 1. The summed E-state index contributed by atoms with van der Waals surface area (Å²) >= 11 is 0. The molecular weight excluding hydrogens is 299 g/mol. The molecule has 2 fully saturated rings. The van der Waals surface area contributed by atoms with Crippen molar-refractivity contribution in [2.45, 2.75) is 25.2 Å². The molecule has 1 aromatic heterocycles. The predicted octanol–water partition coefficient (Wildman–Crippen LogP) is 1.79. The van der Waals surface area contributed by atoms with Crippen LogP contribution in [0, 0.1) is 11.8 Å². The Kier molecular flexibility index (Phi) is 3.82. The van der Waals surface area contributed by atoms with E-state index in [1.807, 2.05) is 0 Å². The number of hydrogen-bond donors (Lipinski definition) is 2. The van der Waals surface area contributed by atoms with Crippen LogP contribution in [0.3, 0.4) is 0 Å². The van der Waals surface area contributed by atoms with Gasteiger partial charge in [-0.05, 0) is 30.9 Å². The number of methoxy groups -OCH3 is 1. The molecule has 2 heterocycles. The fourth-order valence-electron chi connectivity index (χ4n) is 2.85. The van der Waals surface area contributed by atoms with Crippen LogP contribution in [0.4, 0.5) is 19.0 Å². The summed E-state index contributed by atoms with van der Waals surface area (Å²) in [7, 11) is 1.43. The van der Waals surface area contributed by atoms with Gasteiger partial charge in [0.25, 0.3) is 0 Å². The number of pyridine rings is 1. The van der Waals surface area contributed by atoms with Gasteiger partial charge in [0.15, 0.2) is 0 Å². The number of nitrogens with one attached hydrogen (secondary N) is 2. The van der Waals surface area contributed by atoms with E-state index in [-0.39, 0.29) is 30.3 Å². The lowest BCUT2D eigenvalue weighted by atomic mass is 10.1. The van der Waals surface area contributed by atoms with Gasteiger partial charge in [0.2, 0.25) is 5.91 Å². The second-order valence-electron chi connectivity index (χ2n) is 5.67. The van der Waals surface area contributed by atoms with Crippen molar-refractivity contribution in [2.75, 3.05) is 19.0 Å². The lowest BCUT2D eigenvalue weighted by molar-refractivity contribution is -0.141. The van der Waals surface area contributed by atoms with Crippen molar-refractivity contribution in [1.29, 1.82) is 0 Å². The van der Waals surface area contributed by atoms with Gasteiger partial charge >= 0.3 is 6.18 Å². The van der Waals surface area contributed by atoms with Crippen molar-refractivity contribution in [3.63, 3.8) is 0 Å². The van der Waals surface area contributed by atoms with Gasteiger partial charge in [0, 0.05) is 12.7 Å². The molecule has 8 heteroatoms. The highest BCUT2D eigenvalue weighted by molar-refractivity contribution is 5.95. The topological polar surface area (TPSA) is 63.2 Å². The number of fused-ring (bicyclic) bond motifs is 1. The summed E-state index contributed by atoms with van der Waals surface area (Å²) in [6.07, 6.45) is -3.57. The smallest absolute Gasteiger partial charge is 0.380 e. The summed E-state index contributed by atoms with van der Waals surface area (Å²) in [6, 6.07) is 1.81. The Labute approximate surface area is 125 Å². The molecule has 5 nitrogen and oxygen atoms in total. The SMILES string of the molecule is COCc1ccc(C(F)(F)F)nc1NC(=O)C1NCC2CC21. The van der Waals surface area contributed by atoms with Crippen molar-refractivity contribution in [1.82, 2.24) is 10.3 Å². The number of ether oxygens (including phenoxy) is 1. The minimum Gasteiger partial charge on any atom is -0.380 e. The first-order valence-corrected chi connectivity index (χ1v) is 7.00. The Balaban J connectivity index is 1.81. The third-order valence-electron chi connectivity index (χ3n) is 4.10. The average molecular weight is 315 g/mol. The van der Waals surface area contributed by atoms with Gasteiger partial charge in [-0.3, -0.25) is 4.79 Å². The number of piperidine rings is 1. The van der Waals surface area contributed by atoms with E-state index in [4.69, 9.17) is 4.74 Å². The Morgan fingerprint density at radius 1 is 1.50 bits per heavy atom. The summed E-state index contributed by atoms with van der Waals surface area (Å²) in [4.78, 5) is 15.8. The van der Waals surface area contributed by atoms with Crippen molar-refractivity contribution in [3.8, 4) is 0 Å². The van der Waals surface area contributed by atoms with Gasteiger partial charge in [0.1, 0.15) is 11.5 Å². The van der Waals surface area contributed by atoms with Gasteiger partial charge in [0.05, 0.1) is 12.6 Å². The maximum absolute atomic E-state index is 12.8. The van der Waals surface area contributed by atoms with E-state index in [9.17, 15) is 18.0 Å². The molecule has 1 aliphatic carbocycles. The Bertz CT molecular complexity index is 591. The first-order valence-electron chi connectivity index (χ1n) is 7.00. The molecule has 0 spiro atoms. The van der Waals surface area contributed by atoms with Crippen LogP contribution >= 0.6 is 0 Å². The predicted molar refractivity (Wildman–Crippen MR) is 72.0 cm³/mol. The quantitative estimate of drug-likeness (QED) is 0.889.